The van der Waals surface area contributed by atoms with Crippen LogP contribution < -0.4 is 0 Å². The van der Waals surface area contributed by atoms with Gasteiger partial charge in [-0.05, 0) is 101 Å². The van der Waals surface area contributed by atoms with Gasteiger partial charge in [-0.15, -0.1) is 0 Å². The Kier molecular flexibility index (Phi) is 8.29. The van der Waals surface area contributed by atoms with Crippen LogP contribution in [0.2, 0.25) is 0 Å². The Balaban J connectivity index is 0.932. The van der Waals surface area contributed by atoms with Crippen molar-refractivity contribution in [3.05, 3.63) is 231 Å². The van der Waals surface area contributed by atoms with Crippen molar-refractivity contribution in [2.45, 2.75) is 0 Å². The maximum atomic E-state index is 6.98. The standard InChI is InChI=1S/C65H38N2O3/c1-3-15-39(16-4-1)42-36-54(41-29-31-47-46-20-8-11-26-57(46)69-61(47)38-41)66-55(37-42)51-24-14-28-60-62(51)53-35-40(30-34-59(53)68-60)44-32-33-50(65-63(44)52-21-9-12-27-58(52)70-65)49-23-13-22-48-45-19-7-10-25-56(45)67(64(48)49)43-17-5-2-6-18-43/h1-38H. The summed E-state index contributed by atoms with van der Waals surface area (Å²) in [6.07, 6.45) is 0. The Hall–Kier alpha value is -9.45. The third-order valence-electron chi connectivity index (χ3n) is 14.2. The lowest BCUT2D eigenvalue weighted by molar-refractivity contribution is 0.668. The molecule has 5 aromatic heterocycles. The van der Waals surface area contributed by atoms with E-state index < -0.39 is 0 Å². The smallest absolute Gasteiger partial charge is 0.143 e. The molecule has 0 saturated carbocycles. The van der Waals surface area contributed by atoms with E-state index in [0.717, 1.165) is 138 Å². The summed E-state index contributed by atoms with van der Waals surface area (Å²) in [6, 6.07) is 81.2. The molecule has 5 heteroatoms. The minimum absolute atomic E-state index is 0.804. The minimum atomic E-state index is 0.804. The van der Waals surface area contributed by atoms with Crippen LogP contribution >= 0.6 is 0 Å². The summed E-state index contributed by atoms with van der Waals surface area (Å²) < 4.78 is 22.4. The van der Waals surface area contributed by atoms with Gasteiger partial charge in [0.25, 0.3) is 0 Å². The minimum Gasteiger partial charge on any atom is -0.456 e. The summed E-state index contributed by atoms with van der Waals surface area (Å²) in [7, 11) is 0. The number of benzene rings is 10. The van der Waals surface area contributed by atoms with Gasteiger partial charge in [-0.3, -0.25) is 0 Å². The molecule has 326 valence electrons. The number of hydrogen-bond donors (Lipinski definition) is 0. The number of fused-ring (bicyclic) bond motifs is 12. The van der Waals surface area contributed by atoms with Gasteiger partial charge in [0.15, 0.2) is 0 Å². The van der Waals surface area contributed by atoms with Gasteiger partial charge in [-0.1, -0.05) is 152 Å². The molecule has 70 heavy (non-hydrogen) atoms. The zero-order chi connectivity index (χ0) is 45.9. The predicted molar refractivity (Wildman–Crippen MR) is 288 cm³/mol. The van der Waals surface area contributed by atoms with Crippen molar-refractivity contribution in [3.63, 3.8) is 0 Å². The summed E-state index contributed by atoms with van der Waals surface area (Å²) in [4.78, 5) is 5.45. The molecule has 10 aromatic carbocycles. The van der Waals surface area contributed by atoms with E-state index in [2.05, 4.69) is 217 Å². The molecular formula is C65H38N2O3. The monoisotopic (exact) mass is 894 g/mol. The van der Waals surface area contributed by atoms with Gasteiger partial charge in [-0.2, -0.15) is 0 Å². The van der Waals surface area contributed by atoms with E-state index in [-0.39, 0.29) is 0 Å². The maximum Gasteiger partial charge on any atom is 0.143 e. The highest BCUT2D eigenvalue weighted by Crippen LogP contribution is 2.47. The predicted octanol–water partition coefficient (Wildman–Crippen LogP) is 18.2. The summed E-state index contributed by atoms with van der Waals surface area (Å²) >= 11 is 0. The second-order valence-corrected chi connectivity index (χ2v) is 18.1. The van der Waals surface area contributed by atoms with Gasteiger partial charge in [0, 0.05) is 71.0 Å². The van der Waals surface area contributed by atoms with Gasteiger partial charge < -0.3 is 17.8 Å². The number of hydrogen-bond acceptors (Lipinski definition) is 4. The van der Waals surface area contributed by atoms with Crippen molar-refractivity contribution in [2.24, 2.45) is 0 Å². The molecule has 15 rings (SSSR count). The number of rotatable bonds is 6. The Labute approximate surface area is 400 Å². The first-order valence-corrected chi connectivity index (χ1v) is 23.7. The third kappa shape index (κ3) is 5.82. The van der Waals surface area contributed by atoms with E-state index in [0.29, 0.717) is 0 Å². The van der Waals surface area contributed by atoms with Crippen LogP contribution in [-0.4, -0.2) is 9.55 Å². The highest BCUT2D eigenvalue weighted by Gasteiger charge is 2.23. The van der Waals surface area contributed by atoms with Crippen LogP contribution in [0.4, 0.5) is 0 Å². The Bertz CT molecular complexity index is 4590. The summed E-state index contributed by atoms with van der Waals surface area (Å²) in [5, 5.41) is 8.77. The SMILES string of the molecule is c1ccc(-c2cc(-c3ccc4c(c3)oc3ccccc34)nc(-c3cccc4oc5ccc(-c6ccc(-c7cccc8c9ccccc9n(-c9ccccc9)c78)c7oc8ccccc8c67)cc5c34)c2)cc1. The number of aromatic nitrogens is 2. The quantitative estimate of drug-likeness (QED) is 0.167. The molecule has 0 fully saturated rings. The van der Waals surface area contributed by atoms with Gasteiger partial charge in [-0.25, -0.2) is 4.98 Å². The van der Waals surface area contributed by atoms with E-state index in [4.69, 9.17) is 18.2 Å². The van der Waals surface area contributed by atoms with Crippen LogP contribution in [-0.2, 0) is 0 Å². The van der Waals surface area contributed by atoms with E-state index in [9.17, 15) is 0 Å². The van der Waals surface area contributed by atoms with Crippen LogP contribution in [0.25, 0.3) is 149 Å². The molecule has 15 aromatic rings. The molecule has 5 nitrogen and oxygen atoms in total. The lowest BCUT2D eigenvalue weighted by Gasteiger charge is -2.13. The molecule has 0 radical (unpaired) electrons. The first-order chi connectivity index (χ1) is 34.7. The van der Waals surface area contributed by atoms with E-state index in [1.165, 1.54) is 10.8 Å². The van der Waals surface area contributed by atoms with E-state index in [1.54, 1.807) is 0 Å². The largest absolute Gasteiger partial charge is 0.456 e. The van der Waals surface area contributed by atoms with Crippen LogP contribution in [0.15, 0.2) is 244 Å². The molecule has 0 aliphatic heterocycles. The molecule has 0 spiro atoms. The van der Waals surface area contributed by atoms with E-state index >= 15 is 0 Å². The number of furan rings is 3. The van der Waals surface area contributed by atoms with Crippen LogP contribution in [0.1, 0.15) is 0 Å². The van der Waals surface area contributed by atoms with Crippen molar-refractivity contribution in [2.75, 3.05) is 0 Å². The van der Waals surface area contributed by atoms with Gasteiger partial charge in [0.2, 0.25) is 0 Å². The summed E-state index contributed by atoms with van der Waals surface area (Å²) in [5.74, 6) is 0. The average molecular weight is 895 g/mol. The number of nitrogens with zero attached hydrogens (tertiary/aromatic N) is 2. The van der Waals surface area contributed by atoms with Crippen LogP contribution in [0.5, 0.6) is 0 Å². The van der Waals surface area contributed by atoms with Gasteiger partial charge in [0.1, 0.15) is 33.5 Å². The average Bonchev–Trinajstić information content (AvgIpc) is 4.20. The molecule has 0 saturated heterocycles. The molecule has 0 amide bonds. The molecule has 0 aliphatic carbocycles. The lowest BCUT2D eigenvalue weighted by Crippen LogP contribution is -1.95. The Morgan fingerprint density at radius 3 is 1.80 bits per heavy atom. The molecule has 5 heterocycles. The fourth-order valence-electron chi connectivity index (χ4n) is 11.1. The highest BCUT2D eigenvalue weighted by molar-refractivity contribution is 6.21. The first-order valence-electron chi connectivity index (χ1n) is 23.7. The maximum absolute atomic E-state index is 6.98. The lowest BCUT2D eigenvalue weighted by atomic mass is 9.92. The second-order valence-electron chi connectivity index (χ2n) is 18.1. The summed E-state index contributed by atoms with van der Waals surface area (Å²) in [5.41, 5.74) is 18.6. The number of pyridine rings is 1. The Morgan fingerprint density at radius 1 is 0.300 bits per heavy atom. The first kappa shape index (κ1) is 38.6. The molecule has 0 N–H and O–H groups in total. The molecule has 0 atom stereocenters. The normalized spacial score (nSPS) is 12.0. The molecule has 0 aliphatic rings. The van der Waals surface area contributed by atoms with Gasteiger partial charge in [0.05, 0.1) is 22.4 Å². The second kappa shape index (κ2) is 15.0. The van der Waals surface area contributed by atoms with Crippen molar-refractivity contribution in [1.29, 1.82) is 0 Å². The van der Waals surface area contributed by atoms with Crippen molar-refractivity contribution in [3.8, 4) is 61.6 Å². The fraction of sp³-hybridized carbons (Fsp3) is 0. The topological polar surface area (TPSA) is 57.2 Å². The zero-order valence-electron chi connectivity index (χ0n) is 37.6. The van der Waals surface area contributed by atoms with E-state index in [1.807, 2.05) is 18.2 Å². The molecular weight excluding hydrogens is 857 g/mol. The van der Waals surface area contributed by atoms with Crippen LogP contribution in [0, 0.1) is 0 Å². The van der Waals surface area contributed by atoms with Crippen molar-refractivity contribution < 1.29 is 13.3 Å². The summed E-state index contributed by atoms with van der Waals surface area (Å²) in [6.45, 7) is 0. The molecule has 0 unspecified atom stereocenters. The Morgan fingerprint density at radius 2 is 0.929 bits per heavy atom. The zero-order valence-corrected chi connectivity index (χ0v) is 37.6. The third-order valence-corrected chi connectivity index (χ3v) is 14.2. The molecule has 0 bridgehead atoms. The number of para-hydroxylation sites is 5. The van der Waals surface area contributed by atoms with Crippen LogP contribution in [0.3, 0.4) is 0 Å². The van der Waals surface area contributed by atoms with Crippen molar-refractivity contribution >= 4 is 87.6 Å². The highest BCUT2D eigenvalue weighted by atomic mass is 16.3. The fourth-order valence-corrected chi connectivity index (χ4v) is 11.1. The van der Waals surface area contributed by atoms with Gasteiger partial charge >= 0.3 is 0 Å². The van der Waals surface area contributed by atoms with Crippen molar-refractivity contribution in [1.82, 2.24) is 9.55 Å².